The molecular formula is C24H20F3N3O3S. The Hall–Kier alpha value is -3.66. The van der Waals surface area contributed by atoms with Gasteiger partial charge in [-0.05, 0) is 49.7 Å². The smallest absolute Gasteiger partial charge is 0.416 e. The van der Waals surface area contributed by atoms with E-state index in [-0.39, 0.29) is 5.69 Å². The van der Waals surface area contributed by atoms with E-state index in [9.17, 15) is 22.8 Å². The summed E-state index contributed by atoms with van der Waals surface area (Å²) in [5.74, 6) is 0.0716. The van der Waals surface area contributed by atoms with Gasteiger partial charge in [-0.2, -0.15) is 13.2 Å². The number of benzene rings is 2. The minimum Gasteiger partial charge on any atom is -0.494 e. The number of carbonyl (C=O) groups is 1. The summed E-state index contributed by atoms with van der Waals surface area (Å²) in [5.41, 5.74) is 0.255. The first kappa shape index (κ1) is 23.5. The van der Waals surface area contributed by atoms with Crippen LogP contribution in [-0.2, 0) is 17.5 Å². The summed E-state index contributed by atoms with van der Waals surface area (Å²) in [7, 11) is 0. The summed E-state index contributed by atoms with van der Waals surface area (Å²) in [6.45, 7) is 3.93. The molecule has 0 aliphatic carbocycles. The maximum atomic E-state index is 13.3. The average molecular weight is 488 g/mol. The number of aryl methyl sites for hydroxylation is 1. The standard InChI is InChI=1S/C24H20F3N3O3S/c1-3-33-18-9-7-15(8-10-18)20-14(2)34-22-21(20)23(32)30(13-28-22)12-19(31)29-17-6-4-5-16(11-17)24(25,26)27/h4-11,13H,3,12H2,1-2H3,(H,29,31). The van der Waals surface area contributed by atoms with Crippen molar-refractivity contribution in [3.05, 3.63) is 75.7 Å². The van der Waals surface area contributed by atoms with Crippen molar-refractivity contribution in [2.45, 2.75) is 26.6 Å². The molecule has 1 amide bonds. The molecule has 0 saturated carbocycles. The van der Waals surface area contributed by atoms with Crippen LogP contribution in [0.15, 0.2) is 59.7 Å². The number of hydrogen-bond acceptors (Lipinski definition) is 5. The van der Waals surface area contributed by atoms with E-state index in [1.54, 1.807) is 0 Å². The van der Waals surface area contributed by atoms with Crippen LogP contribution >= 0.6 is 11.3 Å². The summed E-state index contributed by atoms with van der Waals surface area (Å²) < 4.78 is 45.4. The van der Waals surface area contributed by atoms with Crippen LogP contribution < -0.4 is 15.6 Å². The predicted octanol–water partition coefficient (Wildman–Crippen LogP) is 5.49. The Morgan fingerprint density at radius 1 is 1.18 bits per heavy atom. The van der Waals surface area contributed by atoms with Crippen LogP contribution in [0.2, 0.25) is 0 Å². The number of hydrogen-bond donors (Lipinski definition) is 1. The summed E-state index contributed by atoms with van der Waals surface area (Å²) in [5, 5.41) is 2.80. The second-order valence-corrected chi connectivity index (χ2v) is 8.68. The molecular weight excluding hydrogens is 467 g/mol. The van der Waals surface area contributed by atoms with Crippen molar-refractivity contribution in [2.24, 2.45) is 0 Å². The van der Waals surface area contributed by atoms with Gasteiger partial charge < -0.3 is 10.1 Å². The summed E-state index contributed by atoms with van der Waals surface area (Å²) >= 11 is 1.37. The van der Waals surface area contributed by atoms with Gasteiger partial charge in [-0.25, -0.2) is 4.98 Å². The van der Waals surface area contributed by atoms with Gasteiger partial charge in [0.25, 0.3) is 5.56 Å². The second kappa shape index (κ2) is 9.30. The van der Waals surface area contributed by atoms with E-state index < -0.39 is 29.8 Å². The predicted molar refractivity (Wildman–Crippen MR) is 125 cm³/mol. The topological polar surface area (TPSA) is 73.2 Å². The molecule has 2 heterocycles. The van der Waals surface area contributed by atoms with Crippen LogP contribution in [-0.4, -0.2) is 22.1 Å². The Morgan fingerprint density at radius 3 is 2.59 bits per heavy atom. The van der Waals surface area contributed by atoms with E-state index in [1.165, 1.54) is 29.8 Å². The number of nitrogens with one attached hydrogen (secondary N) is 1. The second-order valence-electron chi connectivity index (χ2n) is 7.48. The van der Waals surface area contributed by atoms with Crippen molar-refractivity contribution in [2.75, 3.05) is 11.9 Å². The minimum atomic E-state index is -4.53. The summed E-state index contributed by atoms with van der Waals surface area (Å²) in [4.78, 5) is 31.5. The Balaban J connectivity index is 1.63. The lowest BCUT2D eigenvalue weighted by atomic mass is 10.0. The molecule has 0 aliphatic heterocycles. The molecule has 0 fully saturated rings. The number of thiophene rings is 1. The highest BCUT2D eigenvalue weighted by Gasteiger charge is 2.30. The fourth-order valence-corrected chi connectivity index (χ4v) is 4.61. The molecule has 0 aliphatic rings. The highest BCUT2D eigenvalue weighted by molar-refractivity contribution is 7.19. The quantitative estimate of drug-likeness (QED) is 0.390. The third-order valence-electron chi connectivity index (χ3n) is 5.10. The van der Waals surface area contributed by atoms with Crippen molar-refractivity contribution < 1.29 is 22.7 Å². The van der Waals surface area contributed by atoms with Crippen LogP contribution in [0.5, 0.6) is 5.75 Å². The normalized spacial score (nSPS) is 11.6. The van der Waals surface area contributed by atoms with Crippen LogP contribution in [0.1, 0.15) is 17.4 Å². The molecule has 4 aromatic rings. The van der Waals surface area contributed by atoms with Gasteiger partial charge in [-0.1, -0.05) is 18.2 Å². The SMILES string of the molecule is CCOc1ccc(-c2c(C)sc3ncn(CC(=O)Nc4cccc(C(F)(F)F)c4)c(=O)c23)cc1. The highest BCUT2D eigenvalue weighted by atomic mass is 32.1. The number of alkyl halides is 3. The average Bonchev–Trinajstić information content (AvgIpc) is 3.13. The van der Waals surface area contributed by atoms with Gasteiger partial charge in [0.2, 0.25) is 5.91 Å². The zero-order valence-electron chi connectivity index (χ0n) is 18.3. The van der Waals surface area contributed by atoms with Gasteiger partial charge in [0.15, 0.2) is 0 Å². The number of ether oxygens (including phenoxy) is 1. The molecule has 0 saturated heterocycles. The summed E-state index contributed by atoms with van der Waals surface area (Å²) in [6, 6.07) is 11.7. The minimum absolute atomic E-state index is 0.0108. The van der Waals surface area contributed by atoms with Crippen molar-refractivity contribution in [3.63, 3.8) is 0 Å². The lowest BCUT2D eigenvalue weighted by molar-refractivity contribution is -0.137. The van der Waals surface area contributed by atoms with Crippen LogP contribution in [0.4, 0.5) is 18.9 Å². The number of anilines is 1. The molecule has 6 nitrogen and oxygen atoms in total. The van der Waals surface area contributed by atoms with Gasteiger partial charge in [0.05, 0.1) is 23.9 Å². The monoisotopic (exact) mass is 487 g/mol. The fourth-order valence-electron chi connectivity index (χ4n) is 3.61. The Labute approximate surface area is 196 Å². The number of carbonyl (C=O) groups excluding carboxylic acids is 1. The van der Waals surface area contributed by atoms with Crippen molar-refractivity contribution in [1.82, 2.24) is 9.55 Å². The molecule has 4 rings (SSSR count). The Morgan fingerprint density at radius 2 is 1.91 bits per heavy atom. The molecule has 0 unspecified atom stereocenters. The number of rotatable bonds is 6. The van der Waals surface area contributed by atoms with Crippen molar-refractivity contribution in [3.8, 4) is 16.9 Å². The van der Waals surface area contributed by atoms with Crippen molar-refractivity contribution in [1.29, 1.82) is 0 Å². The molecule has 0 spiro atoms. The first-order valence-electron chi connectivity index (χ1n) is 10.4. The molecule has 10 heteroatoms. The molecule has 34 heavy (non-hydrogen) atoms. The van der Waals surface area contributed by atoms with Gasteiger partial charge in [0, 0.05) is 16.1 Å². The lowest BCUT2D eigenvalue weighted by Gasteiger charge is -2.11. The third-order valence-corrected chi connectivity index (χ3v) is 6.11. The van der Waals surface area contributed by atoms with Crippen LogP contribution in [0.25, 0.3) is 21.3 Å². The highest BCUT2D eigenvalue weighted by Crippen LogP contribution is 2.36. The number of nitrogens with zero attached hydrogens (tertiary/aromatic N) is 2. The van der Waals surface area contributed by atoms with E-state index in [0.29, 0.717) is 22.6 Å². The van der Waals surface area contributed by atoms with E-state index >= 15 is 0 Å². The first-order valence-corrected chi connectivity index (χ1v) is 11.2. The van der Waals surface area contributed by atoms with Crippen LogP contribution in [0.3, 0.4) is 0 Å². The number of amides is 1. The first-order chi connectivity index (χ1) is 16.2. The van der Waals surface area contributed by atoms with Crippen LogP contribution in [0, 0.1) is 6.92 Å². The molecule has 0 bridgehead atoms. The molecule has 1 N–H and O–H groups in total. The molecule has 2 aromatic heterocycles. The van der Waals surface area contributed by atoms with E-state index in [0.717, 1.165) is 32.7 Å². The molecule has 0 radical (unpaired) electrons. The zero-order chi connectivity index (χ0) is 24.5. The lowest BCUT2D eigenvalue weighted by Crippen LogP contribution is -2.27. The fraction of sp³-hybridized carbons (Fsp3) is 0.208. The molecule has 176 valence electrons. The maximum Gasteiger partial charge on any atom is 0.416 e. The summed E-state index contributed by atoms with van der Waals surface area (Å²) in [6.07, 6.45) is -3.25. The number of fused-ring (bicyclic) bond motifs is 1. The van der Waals surface area contributed by atoms with Crippen molar-refractivity contribution >= 4 is 33.1 Å². The number of aromatic nitrogens is 2. The number of halogens is 3. The van der Waals surface area contributed by atoms with Gasteiger partial charge in [-0.15, -0.1) is 11.3 Å². The van der Waals surface area contributed by atoms with E-state index in [2.05, 4.69) is 10.3 Å². The third kappa shape index (κ3) is 4.81. The van der Waals surface area contributed by atoms with Gasteiger partial charge in [0.1, 0.15) is 17.1 Å². The maximum absolute atomic E-state index is 13.3. The van der Waals surface area contributed by atoms with Gasteiger partial charge in [-0.3, -0.25) is 14.2 Å². The Kier molecular flexibility index (Phi) is 6.43. The van der Waals surface area contributed by atoms with Gasteiger partial charge >= 0.3 is 6.18 Å². The molecule has 0 atom stereocenters. The van der Waals surface area contributed by atoms with E-state index in [1.807, 2.05) is 38.1 Å². The zero-order valence-corrected chi connectivity index (χ0v) is 19.1. The molecule has 2 aromatic carbocycles. The largest absolute Gasteiger partial charge is 0.494 e. The Bertz CT molecular complexity index is 1410. The van der Waals surface area contributed by atoms with E-state index in [4.69, 9.17) is 4.74 Å².